The Labute approximate surface area is 96.9 Å². The SMILES string of the molecule is CC1(C)COP(=O)(O)OC1C1CCCCC1. The highest BCUT2D eigenvalue weighted by molar-refractivity contribution is 7.47. The van der Waals surface area contributed by atoms with E-state index in [0.29, 0.717) is 12.5 Å². The van der Waals surface area contributed by atoms with Gasteiger partial charge in [0, 0.05) is 5.41 Å². The highest BCUT2D eigenvalue weighted by Crippen LogP contribution is 2.55. The molecule has 1 aliphatic carbocycles. The van der Waals surface area contributed by atoms with Gasteiger partial charge in [-0.05, 0) is 18.8 Å². The molecule has 2 rings (SSSR count). The first kappa shape index (κ1) is 12.6. The molecule has 0 bridgehead atoms. The molecule has 0 amide bonds. The summed E-state index contributed by atoms with van der Waals surface area (Å²) >= 11 is 0. The molecule has 0 aromatic heterocycles. The first-order valence-electron chi connectivity index (χ1n) is 6.06. The van der Waals surface area contributed by atoms with Crippen LogP contribution in [0.25, 0.3) is 0 Å². The average molecular weight is 248 g/mol. The van der Waals surface area contributed by atoms with Gasteiger partial charge >= 0.3 is 7.82 Å². The molecule has 2 fully saturated rings. The largest absolute Gasteiger partial charge is 0.472 e. The molecule has 94 valence electrons. The standard InChI is InChI=1S/C11H21O4P/c1-11(2)8-14-16(12,13)15-10(11)9-6-4-3-5-7-9/h9-10H,3-8H2,1-2H3,(H,12,13). The first-order chi connectivity index (χ1) is 7.41. The van der Waals surface area contributed by atoms with Gasteiger partial charge in [-0.25, -0.2) is 4.57 Å². The number of phosphoric acid groups is 1. The van der Waals surface area contributed by atoms with Crippen molar-refractivity contribution in [3.63, 3.8) is 0 Å². The summed E-state index contributed by atoms with van der Waals surface area (Å²) in [6.07, 6.45) is 5.76. The van der Waals surface area contributed by atoms with Crippen LogP contribution in [0, 0.1) is 11.3 Å². The molecule has 1 N–H and O–H groups in total. The summed E-state index contributed by atoms with van der Waals surface area (Å²) in [5.74, 6) is 0.410. The maximum absolute atomic E-state index is 11.5. The minimum absolute atomic E-state index is 0.141. The lowest BCUT2D eigenvalue weighted by Gasteiger charge is -2.44. The summed E-state index contributed by atoms with van der Waals surface area (Å²) in [7, 11) is -3.79. The highest BCUT2D eigenvalue weighted by atomic mass is 31.2. The van der Waals surface area contributed by atoms with Gasteiger partial charge in [0.2, 0.25) is 0 Å². The predicted octanol–water partition coefficient (Wildman–Crippen LogP) is 3.11. The maximum atomic E-state index is 11.5. The van der Waals surface area contributed by atoms with Gasteiger partial charge in [-0.15, -0.1) is 0 Å². The van der Waals surface area contributed by atoms with E-state index in [-0.39, 0.29) is 11.5 Å². The van der Waals surface area contributed by atoms with Crippen molar-refractivity contribution in [1.29, 1.82) is 0 Å². The molecule has 4 nitrogen and oxygen atoms in total. The molecule has 16 heavy (non-hydrogen) atoms. The molecule has 0 aromatic carbocycles. The highest BCUT2D eigenvalue weighted by Gasteiger charge is 2.47. The Kier molecular flexibility index (Phi) is 3.47. The van der Waals surface area contributed by atoms with Crippen molar-refractivity contribution in [3.05, 3.63) is 0 Å². The Morgan fingerprint density at radius 1 is 1.25 bits per heavy atom. The molecular formula is C11H21O4P. The van der Waals surface area contributed by atoms with E-state index in [1.165, 1.54) is 19.3 Å². The van der Waals surface area contributed by atoms with E-state index in [1.54, 1.807) is 0 Å². The Balaban J connectivity index is 2.11. The van der Waals surface area contributed by atoms with Crippen LogP contribution in [0.15, 0.2) is 0 Å². The molecule has 2 aliphatic rings. The van der Waals surface area contributed by atoms with Crippen LogP contribution in [-0.2, 0) is 13.6 Å². The minimum Gasteiger partial charge on any atom is -0.302 e. The minimum atomic E-state index is -3.79. The quantitative estimate of drug-likeness (QED) is 0.724. The normalized spacial score (nSPS) is 40.8. The van der Waals surface area contributed by atoms with Crippen molar-refractivity contribution in [2.45, 2.75) is 52.1 Å². The lowest BCUT2D eigenvalue weighted by molar-refractivity contribution is -0.0790. The predicted molar refractivity (Wildman–Crippen MR) is 61.0 cm³/mol. The van der Waals surface area contributed by atoms with E-state index in [2.05, 4.69) is 0 Å². The van der Waals surface area contributed by atoms with Gasteiger partial charge < -0.3 is 4.89 Å². The van der Waals surface area contributed by atoms with E-state index in [0.717, 1.165) is 12.8 Å². The summed E-state index contributed by atoms with van der Waals surface area (Å²) < 4.78 is 21.7. The van der Waals surface area contributed by atoms with Gasteiger partial charge in [0.15, 0.2) is 0 Å². The summed E-state index contributed by atoms with van der Waals surface area (Å²) in [6.45, 7) is 4.40. The van der Waals surface area contributed by atoms with E-state index in [9.17, 15) is 9.46 Å². The Bertz CT molecular complexity index is 296. The summed E-state index contributed by atoms with van der Waals surface area (Å²) in [5, 5.41) is 0. The molecule has 1 saturated carbocycles. The van der Waals surface area contributed by atoms with Crippen molar-refractivity contribution in [2.75, 3.05) is 6.61 Å². The Morgan fingerprint density at radius 3 is 2.50 bits per heavy atom. The molecule has 0 spiro atoms. The van der Waals surface area contributed by atoms with Crippen molar-refractivity contribution in [2.24, 2.45) is 11.3 Å². The molecule has 5 heteroatoms. The van der Waals surface area contributed by atoms with Crippen LogP contribution in [0.2, 0.25) is 0 Å². The van der Waals surface area contributed by atoms with Crippen molar-refractivity contribution < 1.29 is 18.5 Å². The molecule has 1 aliphatic heterocycles. The van der Waals surface area contributed by atoms with Crippen LogP contribution in [0.3, 0.4) is 0 Å². The third kappa shape index (κ3) is 2.67. The average Bonchev–Trinajstić information content (AvgIpc) is 2.24. The van der Waals surface area contributed by atoms with Crippen LogP contribution in [0.4, 0.5) is 0 Å². The van der Waals surface area contributed by atoms with E-state index in [4.69, 9.17) is 9.05 Å². The fourth-order valence-corrected chi connectivity index (χ4v) is 4.11. The van der Waals surface area contributed by atoms with Gasteiger partial charge in [-0.2, -0.15) is 0 Å². The van der Waals surface area contributed by atoms with Gasteiger partial charge in [0.05, 0.1) is 12.7 Å². The van der Waals surface area contributed by atoms with E-state index >= 15 is 0 Å². The van der Waals surface area contributed by atoms with Gasteiger partial charge in [0.25, 0.3) is 0 Å². The molecule has 2 unspecified atom stereocenters. The van der Waals surface area contributed by atoms with Crippen LogP contribution in [0.5, 0.6) is 0 Å². The zero-order valence-corrected chi connectivity index (χ0v) is 10.9. The van der Waals surface area contributed by atoms with Crippen LogP contribution in [0.1, 0.15) is 46.0 Å². The Morgan fingerprint density at radius 2 is 1.88 bits per heavy atom. The zero-order chi connectivity index (χ0) is 11.8. The first-order valence-corrected chi connectivity index (χ1v) is 7.56. The van der Waals surface area contributed by atoms with Gasteiger partial charge in [0.1, 0.15) is 0 Å². The zero-order valence-electron chi connectivity index (χ0n) is 10.0. The lowest BCUT2D eigenvalue weighted by Crippen LogP contribution is -2.44. The molecule has 0 aromatic rings. The second-order valence-electron chi connectivity index (χ2n) is 5.65. The third-order valence-electron chi connectivity index (χ3n) is 3.69. The van der Waals surface area contributed by atoms with E-state index < -0.39 is 7.82 Å². The second kappa shape index (κ2) is 4.41. The molecule has 1 saturated heterocycles. The Hall–Kier alpha value is 0.110. The fraction of sp³-hybridized carbons (Fsp3) is 1.00. The topological polar surface area (TPSA) is 55.8 Å². The second-order valence-corrected chi connectivity index (χ2v) is 7.06. The fourth-order valence-electron chi connectivity index (χ4n) is 2.81. The van der Waals surface area contributed by atoms with Crippen LogP contribution >= 0.6 is 7.82 Å². The van der Waals surface area contributed by atoms with Crippen LogP contribution < -0.4 is 0 Å². The monoisotopic (exact) mass is 248 g/mol. The number of rotatable bonds is 1. The smallest absolute Gasteiger partial charge is 0.302 e. The summed E-state index contributed by atoms with van der Waals surface area (Å²) in [6, 6.07) is 0. The number of hydrogen-bond donors (Lipinski definition) is 1. The number of hydrogen-bond acceptors (Lipinski definition) is 3. The van der Waals surface area contributed by atoms with Crippen molar-refractivity contribution >= 4 is 7.82 Å². The van der Waals surface area contributed by atoms with Gasteiger partial charge in [-0.1, -0.05) is 33.1 Å². The molecular weight excluding hydrogens is 227 g/mol. The number of phosphoric ester groups is 1. The van der Waals surface area contributed by atoms with Gasteiger partial charge in [-0.3, -0.25) is 9.05 Å². The molecule has 0 radical (unpaired) electrons. The summed E-state index contributed by atoms with van der Waals surface area (Å²) in [5.41, 5.74) is -0.168. The van der Waals surface area contributed by atoms with E-state index in [1.807, 2.05) is 13.8 Å². The lowest BCUT2D eigenvalue weighted by atomic mass is 9.74. The molecule has 2 atom stereocenters. The summed E-state index contributed by atoms with van der Waals surface area (Å²) in [4.78, 5) is 9.42. The van der Waals surface area contributed by atoms with Crippen molar-refractivity contribution in [1.82, 2.24) is 0 Å². The van der Waals surface area contributed by atoms with Crippen molar-refractivity contribution in [3.8, 4) is 0 Å². The van der Waals surface area contributed by atoms with Crippen LogP contribution in [-0.4, -0.2) is 17.6 Å². The molecule has 1 heterocycles. The maximum Gasteiger partial charge on any atom is 0.472 e. The third-order valence-corrected chi connectivity index (χ3v) is 4.64.